The van der Waals surface area contributed by atoms with Gasteiger partial charge in [0.1, 0.15) is 24.0 Å². The molecule has 0 unspecified atom stereocenters. The predicted molar refractivity (Wildman–Crippen MR) is 58.2 cm³/mol. The minimum absolute atomic E-state index is 0.0755. The van der Waals surface area contributed by atoms with Gasteiger partial charge in [-0.05, 0) is 28.1 Å². The van der Waals surface area contributed by atoms with Crippen LogP contribution in [-0.2, 0) is 6.54 Å². The van der Waals surface area contributed by atoms with Crippen molar-refractivity contribution in [2.45, 2.75) is 12.7 Å². The fourth-order valence-corrected chi connectivity index (χ4v) is 2.02. The highest BCUT2D eigenvalue weighted by molar-refractivity contribution is 9.10. The summed E-state index contributed by atoms with van der Waals surface area (Å²) in [7, 11) is 0. The van der Waals surface area contributed by atoms with Gasteiger partial charge in [-0.25, -0.2) is 4.98 Å². The highest BCUT2D eigenvalue weighted by Gasteiger charge is 2.28. The Kier molecular flexibility index (Phi) is 2.83. The molecule has 0 fully saturated rings. The van der Waals surface area contributed by atoms with Crippen LogP contribution in [0, 0.1) is 11.3 Å². The first-order valence-corrected chi connectivity index (χ1v) is 5.32. The maximum absolute atomic E-state index is 12.3. The summed E-state index contributed by atoms with van der Waals surface area (Å²) in [4.78, 5) is 3.87. The lowest BCUT2D eigenvalue weighted by Gasteiger charge is -2.08. The van der Waals surface area contributed by atoms with Crippen molar-refractivity contribution in [3.05, 3.63) is 28.5 Å². The lowest BCUT2D eigenvalue weighted by molar-refractivity contribution is -0.139. The summed E-state index contributed by atoms with van der Waals surface area (Å²) < 4.78 is 38.4. The molecule has 0 aliphatic carbocycles. The first kappa shape index (κ1) is 11.9. The van der Waals surface area contributed by atoms with E-state index in [1.807, 2.05) is 0 Å². The van der Waals surface area contributed by atoms with E-state index < -0.39 is 12.7 Å². The van der Waals surface area contributed by atoms with Crippen LogP contribution in [0.5, 0.6) is 0 Å². The normalized spacial score (nSPS) is 11.7. The molecule has 0 radical (unpaired) electrons. The Morgan fingerprint density at radius 1 is 1.47 bits per heavy atom. The summed E-state index contributed by atoms with van der Waals surface area (Å²) in [6, 6.07) is 4.80. The van der Waals surface area contributed by atoms with E-state index in [2.05, 4.69) is 20.9 Å². The van der Waals surface area contributed by atoms with Crippen LogP contribution in [-0.4, -0.2) is 15.7 Å². The van der Waals surface area contributed by atoms with E-state index in [9.17, 15) is 13.2 Å². The second-order valence-corrected chi connectivity index (χ2v) is 4.25. The Morgan fingerprint density at radius 2 is 2.18 bits per heavy atom. The van der Waals surface area contributed by atoms with Gasteiger partial charge < -0.3 is 4.57 Å². The van der Waals surface area contributed by atoms with Crippen molar-refractivity contribution < 1.29 is 13.2 Å². The number of nitrogens with zero attached hydrogens (tertiary/aromatic N) is 3. The minimum atomic E-state index is -4.32. The van der Waals surface area contributed by atoms with E-state index >= 15 is 0 Å². The van der Waals surface area contributed by atoms with Crippen LogP contribution in [0.15, 0.2) is 22.8 Å². The Balaban J connectivity index is 2.60. The lowest BCUT2D eigenvalue weighted by atomic mass is 10.3. The summed E-state index contributed by atoms with van der Waals surface area (Å²) in [6.45, 7) is -1.12. The molecular weight excluding hydrogens is 299 g/mol. The molecule has 0 saturated heterocycles. The smallest absolute Gasteiger partial charge is 0.323 e. The molecular formula is C10H5BrF3N3. The highest BCUT2D eigenvalue weighted by atomic mass is 79.9. The number of halogens is 4. The van der Waals surface area contributed by atoms with Crippen LogP contribution in [0.1, 0.15) is 5.69 Å². The van der Waals surface area contributed by atoms with Gasteiger partial charge in [-0.3, -0.25) is 0 Å². The Labute approximate surface area is 103 Å². The van der Waals surface area contributed by atoms with E-state index in [0.29, 0.717) is 9.86 Å². The van der Waals surface area contributed by atoms with Crippen LogP contribution in [0.4, 0.5) is 13.2 Å². The molecule has 7 heteroatoms. The fraction of sp³-hybridized carbons (Fsp3) is 0.200. The standard InChI is InChI=1S/C10H5BrF3N3/c11-8-3-6(4-15)16-9-7(8)1-2-17(9)5-10(12,13)14/h1-3H,5H2. The molecule has 0 aliphatic rings. The average Bonchev–Trinajstić information content (AvgIpc) is 2.59. The molecule has 3 nitrogen and oxygen atoms in total. The molecule has 0 N–H and O–H groups in total. The molecule has 0 aromatic carbocycles. The molecule has 2 heterocycles. The second-order valence-electron chi connectivity index (χ2n) is 3.40. The molecule has 0 spiro atoms. The van der Waals surface area contributed by atoms with E-state index in [1.54, 1.807) is 6.07 Å². The summed E-state index contributed by atoms with van der Waals surface area (Å²) in [5.41, 5.74) is 0.222. The van der Waals surface area contributed by atoms with Crippen LogP contribution in [0.2, 0.25) is 0 Å². The van der Waals surface area contributed by atoms with E-state index in [-0.39, 0.29) is 11.3 Å². The molecule has 0 saturated carbocycles. The average molecular weight is 304 g/mol. The topological polar surface area (TPSA) is 41.6 Å². The van der Waals surface area contributed by atoms with Crippen LogP contribution < -0.4 is 0 Å². The SMILES string of the molecule is N#Cc1cc(Br)c2ccn(CC(F)(F)F)c2n1. The zero-order chi connectivity index (χ0) is 12.6. The van der Waals surface area contributed by atoms with Gasteiger partial charge in [0, 0.05) is 16.1 Å². The molecule has 17 heavy (non-hydrogen) atoms. The molecule has 0 amide bonds. The second kappa shape index (κ2) is 4.04. The van der Waals surface area contributed by atoms with Crippen LogP contribution >= 0.6 is 15.9 Å². The van der Waals surface area contributed by atoms with Gasteiger partial charge in [-0.1, -0.05) is 0 Å². The van der Waals surface area contributed by atoms with Gasteiger partial charge in [0.05, 0.1) is 0 Å². The Bertz CT molecular complexity index is 610. The van der Waals surface area contributed by atoms with Crippen LogP contribution in [0.25, 0.3) is 11.0 Å². The van der Waals surface area contributed by atoms with Gasteiger partial charge in [0.2, 0.25) is 0 Å². The minimum Gasteiger partial charge on any atom is -0.323 e. The van der Waals surface area contributed by atoms with Crippen molar-refractivity contribution in [2.24, 2.45) is 0 Å². The Hall–Kier alpha value is -1.55. The number of rotatable bonds is 1. The summed E-state index contributed by atoms with van der Waals surface area (Å²) >= 11 is 3.20. The summed E-state index contributed by atoms with van der Waals surface area (Å²) in [5.74, 6) is 0. The monoisotopic (exact) mass is 303 g/mol. The zero-order valence-corrected chi connectivity index (χ0v) is 9.88. The van der Waals surface area contributed by atoms with Crippen LogP contribution in [0.3, 0.4) is 0 Å². The number of nitriles is 1. The van der Waals surface area contributed by atoms with Crippen molar-refractivity contribution >= 4 is 27.0 Å². The highest BCUT2D eigenvalue weighted by Crippen LogP contribution is 2.27. The number of aromatic nitrogens is 2. The number of hydrogen-bond acceptors (Lipinski definition) is 2. The quantitative estimate of drug-likeness (QED) is 0.811. The van der Waals surface area contributed by atoms with Crippen molar-refractivity contribution in [2.75, 3.05) is 0 Å². The summed E-state index contributed by atoms with van der Waals surface area (Å²) in [6.07, 6.45) is -3.01. The van der Waals surface area contributed by atoms with Crippen molar-refractivity contribution in [3.8, 4) is 6.07 Å². The molecule has 2 aromatic rings. The molecule has 2 rings (SSSR count). The third-order valence-electron chi connectivity index (χ3n) is 2.15. The number of alkyl halides is 3. The number of pyridine rings is 1. The van der Waals surface area contributed by atoms with E-state index in [1.165, 1.54) is 18.3 Å². The lowest BCUT2D eigenvalue weighted by Crippen LogP contribution is -2.17. The third-order valence-corrected chi connectivity index (χ3v) is 2.80. The van der Waals surface area contributed by atoms with Gasteiger partial charge in [0.25, 0.3) is 0 Å². The number of hydrogen-bond donors (Lipinski definition) is 0. The first-order chi connectivity index (χ1) is 7.90. The number of fused-ring (bicyclic) bond motifs is 1. The Morgan fingerprint density at radius 3 is 2.76 bits per heavy atom. The maximum atomic E-state index is 12.3. The van der Waals surface area contributed by atoms with Gasteiger partial charge in [-0.15, -0.1) is 0 Å². The van der Waals surface area contributed by atoms with Gasteiger partial charge >= 0.3 is 6.18 Å². The van der Waals surface area contributed by atoms with E-state index in [0.717, 1.165) is 4.57 Å². The molecule has 0 aliphatic heterocycles. The molecule has 0 atom stereocenters. The van der Waals surface area contributed by atoms with Crippen molar-refractivity contribution in [1.29, 1.82) is 5.26 Å². The fourth-order valence-electron chi connectivity index (χ4n) is 1.50. The molecule has 0 bridgehead atoms. The largest absolute Gasteiger partial charge is 0.406 e. The van der Waals surface area contributed by atoms with Gasteiger partial charge in [0.15, 0.2) is 0 Å². The zero-order valence-electron chi connectivity index (χ0n) is 8.29. The van der Waals surface area contributed by atoms with E-state index in [4.69, 9.17) is 5.26 Å². The molecule has 2 aromatic heterocycles. The van der Waals surface area contributed by atoms with Crippen molar-refractivity contribution in [3.63, 3.8) is 0 Å². The maximum Gasteiger partial charge on any atom is 0.406 e. The van der Waals surface area contributed by atoms with Crippen molar-refractivity contribution in [1.82, 2.24) is 9.55 Å². The predicted octanol–water partition coefficient (Wildman–Crippen LogP) is 3.23. The first-order valence-electron chi connectivity index (χ1n) is 4.53. The molecule has 88 valence electrons. The van der Waals surface area contributed by atoms with Gasteiger partial charge in [-0.2, -0.15) is 18.4 Å². The third kappa shape index (κ3) is 2.42. The summed E-state index contributed by atoms with van der Waals surface area (Å²) in [5, 5.41) is 9.27.